The summed E-state index contributed by atoms with van der Waals surface area (Å²) >= 11 is 0. The second-order valence-corrected chi connectivity index (χ2v) is 4.57. The Morgan fingerprint density at radius 2 is 1.90 bits per heavy atom. The summed E-state index contributed by atoms with van der Waals surface area (Å²) in [5.74, 6) is 6.15. The second kappa shape index (κ2) is 7.03. The molecule has 3 nitrogen and oxygen atoms in total. The highest BCUT2D eigenvalue weighted by atomic mass is 19.1. The number of halogens is 1. The summed E-state index contributed by atoms with van der Waals surface area (Å²) in [6.45, 7) is 2.76. The Bertz CT molecular complexity index is 542. The smallest absolute Gasteiger partial charge is 0.123 e. The van der Waals surface area contributed by atoms with Crippen LogP contribution in [0, 0.1) is 5.82 Å². The van der Waals surface area contributed by atoms with Crippen LogP contribution in [0.25, 0.3) is 0 Å². The van der Waals surface area contributed by atoms with Gasteiger partial charge in [-0.2, -0.15) is 0 Å². The molecule has 4 heteroatoms. The quantitative estimate of drug-likeness (QED) is 0.628. The van der Waals surface area contributed by atoms with E-state index in [1.54, 1.807) is 6.07 Å². The molecule has 2 aromatic carbocycles. The highest BCUT2D eigenvalue weighted by molar-refractivity contribution is 5.35. The largest absolute Gasteiger partial charge is 0.494 e. The molecule has 0 heterocycles. The third-order valence-corrected chi connectivity index (χ3v) is 3.03. The first-order chi connectivity index (χ1) is 9.74. The van der Waals surface area contributed by atoms with Crippen LogP contribution < -0.4 is 16.0 Å². The first-order valence-corrected chi connectivity index (χ1v) is 6.69. The Kier molecular flexibility index (Phi) is 5.09. The van der Waals surface area contributed by atoms with Gasteiger partial charge in [0.05, 0.1) is 12.6 Å². The fourth-order valence-corrected chi connectivity index (χ4v) is 2.05. The molecule has 0 aromatic heterocycles. The second-order valence-electron chi connectivity index (χ2n) is 4.57. The molecule has 0 saturated carbocycles. The van der Waals surface area contributed by atoms with E-state index < -0.39 is 0 Å². The van der Waals surface area contributed by atoms with Gasteiger partial charge in [0.25, 0.3) is 0 Å². The third kappa shape index (κ3) is 3.56. The number of benzene rings is 2. The summed E-state index contributed by atoms with van der Waals surface area (Å²) in [5.41, 5.74) is 4.46. The molecular formula is C16H19FN2O. The maximum atomic E-state index is 13.3. The molecule has 1 unspecified atom stereocenters. The van der Waals surface area contributed by atoms with E-state index in [1.807, 2.05) is 30.3 Å². The molecule has 106 valence electrons. The molecular weight excluding hydrogens is 255 g/mol. The Morgan fingerprint density at radius 3 is 2.50 bits per heavy atom. The van der Waals surface area contributed by atoms with E-state index in [4.69, 9.17) is 10.6 Å². The van der Waals surface area contributed by atoms with E-state index in [9.17, 15) is 4.39 Å². The van der Waals surface area contributed by atoms with E-state index in [0.29, 0.717) is 6.61 Å². The Labute approximate surface area is 118 Å². The van der Waals surface area contributed by atoms with Crippen molar-refractivity contribution < 1.29 is 9.13 Å². The minimum absolute atomic E-state index is 0.245. The van der Waals surface area contributed by atoms with Crippen LogP contribution in [-0.2, 0) is 0 Å². The summed E-state index contributed by atoms with van der Waals surface area (Å²) in [7, 11) is 0. The number of hydrogen-bond acceptors (Lipinski definition) is 3. The molecule has 0 amide bonds. The summed E-state index contributed by atoms with van der Waals surface area (Å²) in [4.78, 5) is 0. The van der Waals surface area contributed by atoms with E-state index in [1.165, 1.54) is 12.1 Å². The van der Waals surface area contributed by atoms with Crippen LogP contribution in [-0.4, -0.2) is 6.61 Å². The lowest BCUT2D eigenvalue weighted by atomic mass is 9.99. The maximum Gasteiger partial charge on any atom is 0.123 e. The standard InChI is InChI=1S/C16H19FN2O/c1-2-10-20-15-8-6-12(7-9-15)16(19-18)13-4-3-5-14(17)11-13/h3-9,11,16,19H,2,10,18H2,1H3. The third-order valence-electron chi connectivity index (χ3n) is 3.03. The summed E-state index contributed by atoms with van der Waals surface area (Å²) in [6, 6.07) is 13.8. The molecule has 0 fully saturated rings. The lowest BCUT2D eigenvalue weighted by Crippen LogP contribution is -2.28. The van der Waals surface area contributed by atoms with E-state index in [-0.39, 0.29) is 11.9 Å². The molecule has 0 aliphatic rings. The highest BCUT2D eigenvalue weighted by Gasteiger charge is 2.12. The number of ether oxygens (including phenoxy) is 1. The predicted octanol–water partition coefficient (Wildman–Crippen LogP) is 3.17. The van der Waals surface area contributed by atoms with Crippen LogP contribution in [0.1, 0.15) is 30.5 Å². The summed E-state index contributed by atoms with van der Waals surface area (Å²) in [6.07, 6.45) is 0.970. The van der Waals surface area contributed by atoms with Crippen molar-refractivity contribution in [1.82, 2.24) is 5.43 Å². The lowest BCUT2D eigenvalue weighted by Gasteiger charge is -2.17. The van der Waals surface area contributed by atoms with Crippen molar-refractivity contribution in [2.24, 2.45) is 5.84 Å². The van der Waals surface area contributed by atoms with E-state index in [2.05, 4.69) is 12.3 Å². The average Bonchev–Trinajstić information content (AvgIpc) is 2.47. The molecule has 0 spiro atoms. The van der Waals surface area contributed by atoms with Gasteiger partial charge < -0.3 is 4.74 Å². The van der Waals surface area contributed by atoms with Crippen molar-refractivity contribution in [3.63, 3.8) is 0 Å². The van der Waals surface area contributed by atoms with Crippen LogP contribution in [0.2, 0.25) is 0 Å². The van der Waals surface area contributed by atoms with Crippen molar-refractivity contribution in [2.45, 2.75) is 19.4 Å². The SMILES string of the molecule is CCCOc1ccc(C(NN)c2cccc(F)c2)cc1. The molecule has 0 aliphatic heterocycles. The average molecular weight is 274 g/mol. The predicted molar refractivity (Wildman–Crippen MR) is 77.8 cm³/mol. The summed E-state index contributed by atoms with van der Waals surface area (Å²) in [5, 5.41) is 0. The number of rotatable bonds is 6. The minimum atomic E-state index is -0.273. The number of nitrogens with one attached hydrogen (secondary N) is 1. The molecule has 2 rings (SSSR count). The molecule has 0 saturated heterocycles. The molecule has 3 N–H and O–H groups in total. The zero-order valence-corrected chi connectivity index (χ0v) is 11.5. The van der Waals surface area contributed by atoms with Crippen molar-refractivity contribution in [3.05, 3.63) is 65.5 Å². The van der Waals surface area contributed by atoms with Gasteiger partial charge >= 0.3 is 0 Å². The minimum Gasteiger partial charge on any atom is -0.494 e. The van der Waals surface area contributed by atoms with Crippen molar-refractivity contribution in [2.75, 3.05) is 6.61 Å². The molecule has 0 radical (unpaired) electrons. The van der Waals surface area contributed by atoms with Crippen LogP contribution in [0.5, 0.6) is 5.75 Å². The van der Waals surface area contributed by atoms with Gasteiger partial charge in [0.2, 0.25) is 0 Å². The number of hydrazine groups is 1. The molecule has 2 aromatic rings. The van der Waals surface area contributed by atoms with E-state index >= 15 is 0 Å². The summed E-state index contributed by atoms with van der Waals surface area (Å²) < 4.78 is 18.8. The first kappa shape index (κ1) is 14.5. The molecule has 0 aliphatic carbocycles. The van der Waals surface area contributed by atoms with Gasteiger partial charge in [-0.3, -0.25) is 5.84 Å². The van der Waals surface area contributed by atoms with Crippen LogP contribution >= 0.6 is 0 Å². The monoisotopic (exact) mass is 274 g/mol. The van der Waals surface area contributed by atoms with Gasteiger partial charge in [0.15, 0.2) is 0 Å². The molecule has 20 heavy (non-hydrogen) atoms. The van der Waals surface area contributed by atoms with Crippen molar-refractivity contribution in [1.29, 1.82) is 0 Å². The molecule has 1 atom stereocenters. The Hall–Kier alpha value is -1.91. The fraction of sp³-hybridized carbons (Fsp3) is 0.250. The zero-order chi connectivity index (χ0) is 14.4. The van der Waals surface area contributed by atoms with Gasteiger partial charge in [-0.25, -0.2) is 9.82 Å². The maximum absolute atomic E-state index is 13.3. The van der Waals surface area contributed by atoms with Gasteiger partial charge in [-0.1, -0.05) is 31.2 Å². The van der Waals surface area contributed by atoms with Gasteiger partial charge in [0, 0.05) is 0 Å². The number of nitrogens with two attached hydrogens (primary N) is 1. The Morgan fingerprint density at radius 1 is 1.15 bits per heavy atom. The number of hydrogen-bond donors (Lipinski definition) is 2. The lowest BCUT2D eigenvalue weighted by molar-refractivity contribution is 0.317. The van der Waals surface area contributed by atoms with Crippen molar-refractivity contribution >= 4 is 0 Å². The molecule has 0 bridgehead atoms. The van der Waals surface area contributed by atoms with Gasteiger partial charge in [-0.05, 0) is 41.8 Å². The Balaban J connectivity index is 2.19. The van der Waals surface area contributed by atoms with Crippen molar-refractivity contribution in [3.8, 4) is 5.75 Å². The van der Waals surface area contributed by atoms with Gasteiger partial charge in [0.1, 0.15) is 11.6 Å². The van der Waals surface area contributed by atoms with Gasteiger partial charge in [-0.15, -0.1) is 0 Å². The normalized spacial score (nSPS) is 12.2. The first-order valence-electron chi connectivity index (χ1n) is 6.69. The fourth-order valence-electron chi connectivity index (χ4n) is 2.05. The van der Waals surface area contributed by atoms with Crippen LogP contribution in [0.3, 0.4) is 0 Å². The van der Waals surface area contributed by atoms with Crippen LogP contribution in [0.15, 0.2) is 48.5 Å². The topological polar surface area (TPSA) is 47.3 Å². The highest BCUT2D eigenvalue weighted by Crippen LogP contribution is 2.24. The van der Waals surface area contributed by atoms with Crippen LogP contribution in [0.4, 0.5) is 4.39 Å². The van der Waals surface area contributed by atoms with E-state index in [0.717, 1.165) is 23.3 Å². The zero-order valence-electron chi connectivity index (χ0n) is 11.5.